The largest absolute Gasteiger partial charge is 0.481 e. The highest BCUT2D eigenvalue weighted by Gasteiger charge is 2.26. The Morgan fingerprint density at radius 1 is 1.25 bits per heavy atom. The number of carbonyl (C=O) groups is 2. The number of carboxylic acid groups (broad SMARTS) is 1. The van der Waals surface area contributed by atoms with Crippen LogP contribution in [0.5, 0.6) is 5.75 Å². The Kier molecular flexibility index (Phi) is 6.02. The van der Waals surface area contributed by atoms with Gasteiger partial charge in [0.25, 0.3) is 5.91 Å². The van der Waals surface area contributed by atoms with Crippen molar-refractivity contribution in [1.29, 1.82) is 0 Å². The molecular weight excluding hydrogens is 362 g/mol. The maximum absolute atomic E-state index is 12.3. The van der Waals surface area contributed by atoms with Gasteiger partial charge in [-0.25, -0.2) is 4.79 Å². The molecule has 1 atom stereocenters. The lowest BCUT2D eigenvalue weighted by atomic mass is 9.82. The molecule has 28 heavy (non-hydrogen) atoms. The second-order valence-corrected chi connectivity index (χ2v) is 7.47. The second kappa shape index (κ2) is 8.46. The molecule has 1 saturated carbocycles. The normalized spacial score (nSPS) is 20.5. The molecule has 7 nitrogen and oxygen atoms in total. The van der Waals surface area contributed by atoms with Gasteiger partial charge < -0.3 is 19.6 Å². The zero-order valence-corrected chi connectivity index (χ0v) is 16.1. The summed E-state index contributed by atoms with van der Waals surface area (Å²) >= 11 is 0. The van der Waals surface area contributed by atoms with Crippen molar-refractivity contribution in [3.8, 4) is 5.75 Å². The van der Waals surface area contributed by atoms with Crippen molar-refractivity contribution < 1.29 is 23.8 Å². The highest BCUT2D eigenvalue weighted by atomic mass is 16.5. The van der Waals surface area contributed by atoms with Crippen molar-refractivity contribution in [2.75, 3.05) is 6.54 Å². The predicted molar refractivity (Wildman–Crippen MR) is 103 cm³/mol. The van der Waals surface area contributed by atoms with Gasteiger partial charge in [-0.15, -0.1) is 0 Å². The van der Waals surface area contributed by atoms with Gasteiger partial charge in [0, 0.05) is 24.1 Å². The van der Waals surface area contributed by atoms with Gasteiger partial charge in [0.05, 0.1) is 5.92 Å². The second-order valence-electron chi connectivity index (χ2n) is 7.47. The predicted octanol–water partition coefficient (Wildman–Crippen LogP) is 2.88. The Labute approximate surface area is 162 Å². The zero-order valence-electron chi connectivity index (χ0n) is 16.1. The van der Waals surface area contributed by atoms with Crippen LogP contribution in [0.15, 0.2) is 33.5 Å². The monoisotopic (exact) mass is 387 g/mol. The van der Waals surface area contributed by atoms with Crippen LogP contribution in [0.2, 0.25) is 0 Å². The van der Waals surface area contributed by atoms with Crippen LogP contribution in [0.1, 0.15) is 38.2 Å². The number of carboxylic acids is 1. The van der Waals surface area contributed by atoms with Crippen LogP contribution >= 0.6 is 0 Å². The van der Waals surface area contributed by atoms with Crippen LogP contribution in [-0.2, 0) is 9.59 Å². The molecule has 7 heteroatoms. The fourth-order valence-corrected chi connectivity index (χ4v) is 3.64. The number of nitrogens with one attached hydrogen (secondary N) is 1. The number of carbonyl (C=O) groups excluding carboxylic acids is 1. The Morgan fingerprint density at radius 3 is 2.64 bits per heavy atom. The van der Waals surface area contributed by atoms with Crippen LogP contribution in [0.4, 0.5) is 0 Å². The van der Waals surface area contributed by atoms with E-state index < -0.39 is 17.7 Å². The van der Waals surface area contributed by atoms with Gasteiger partial charge in [-0.3, -0.25) is 9.59 Å². The SMILES string of the molecule is Cc1cc(=O)oc2cc(O[C@H](C)C(=O)NCC3CCC(C(=O)O)CC3)ccc12. The highest BCUT2D eigenvalue weighted by Crippen LogP contribution is 2.28. The van der Waals surface area contributed by atoms with Gasteiger partial charge in [0.15, 0.2) is 6.10 Å². The minimum atomic E-state index is -0.731. The Morgan fingerprint density at radius 2 is 1.96 bits per heavy atom. The average molecular weight is 387 g/mol. The average Bonchev–Trinajstić information content (AvgIpc) is 2.65. The van der Waals surface area contributed by atoms with Crippen LogP contribution in [0.25, 0.3) is 11.0 Å². The van der Waals surface area contributed by atoms with Crippen molar-refractivity contribution in [2.45, 2.75) is 45.6 Å². The van der Waals surface area contributed by atoms with Crippen molar-refractivity contribution in [3.05, 3.63) is 40.2 Å². The number of ether oxygens (including phenoxy) is 1. The van der Waals surface area contributed by atoms with Crippen LogP contribution in [0, 0.1) is 18.8 Å². The third-order valence-corrected chi connectivity index (χ3v) is 5.37. The Hall–Kier alpha value is -2.83. The van der Waals surface area contributed by atoms with Crippen molar-refractivity contribution >= 4 is 22.8 Å². The van der Waals surface area contributed by atoms with E-state index in [1.54, 1.807) is 25.1 Å². The summed E-state index contributed by atoms with van der Waals surface area (Å²) in [7, 11) is 0. The molecule has 3 rings (SSSR count). The fraction of sp³-hybridized carbons (Fsp3) is 0.476. The maximum atomic E-state index is 12.3. The lowest BCUT2D eigenvalue weighted by Crippen LogP contribution is -2.39. The molecule has 1 heterocycles. The lowest BCUT2D eigenvalue weighted by molar-refractivity contribution is -0.143. The van der Waals surface area contributed by atoms with E-state index in [9.17, 15) is 14.4 Å². The Balaban J connectivity index is 1.54. The molecule has 1 fully saturated rings. The zero-order chi connectivity index (χ0) is 20.3. The van der Waals surface area contributed by atoms with Crippen LogP contribution in [0.3, 0.4) is 0 Å². The summed E-state index contributed by atoms with van der Waals surface area (Å²) in [6.45, 7) is 4.01. The molecule has 0 spiro atoms. The smallest absolute Gasteiger partial charge is 0.336 e. The van der Waals surface area contributed by atoms with Crippen molar-refractivity contribution in [2.24, 2.45) is 11.8 Å². The number of fused-ring (bicyclic) bond motifs is 1. The first-order chi connectivity index (χ1) is 13.3. The van der Waals surface area contributed by atoms with E-state index in [4.69, 9.17) is 14.3 Å². The number of benzene rings is 1. The molecule has 0 aliphatic heterocycles. The molecule has 0 saturated heterocycles. The van der Waals surface area contributed by atoms with E-state index >= 15 is 0 Å². The molecule has 150 valence electrons. The number of hydrogen-bond donors (Lipinski definition) is 2. The lowest BCUT2D eigenvalue weighted by Gasteiger charge is -2.26. The molecule has 1 aliphatic rings. The summed E-state index contributed by atoms with van der Waals surface area (Å²) < 4.78 is 10.9. The molecule has 2 aromatic rings. The molecule has 0 bridgehead atoms. The first kappa shape index (κ1) is 19.9. The minimum absolute atomic E-state index is 0.230. The van der Waals surface area contributed by atoms with E-state index in [0.29, 0.717) is 36.6 Å². The Bertz CT molecular complexity index is 926. The van der Waals surface area contributed by atoms with Gasteiger partial charge in [-0.05, 0) is 63.1 Å². The molecule has 1 amide bonds. The van der Waals surface area contributed by atoms with Crippen LogP contribution in [-0.4, -0.2) is 29.6 Å². The molecule has 2 N–H and O–H groups in total. The summed E-state index contributed by atoms with van der Waals surface area (Å²) in [5.74, 6) is -0.474. The van der Waals surface area contributed by atoms with E-state index in [1.165, 1.54) is 6.07 Å². The topological polar surface area (TPSA) is 106 Å². The van der Waals surface area contributed by atoms with E-state index in [-0.39, 0.29) is 11.8 Å². The van der Waals surface area contributed by atoms with Gasteiger partial charge >= 0.3 is 11.6 Å². The van der Waals surface area contributed by atoms with E-state index in [2.05, 4.69) is 5.32 Å². The summed E-state index contributed by atoms with van der Waals surface area (Å²) in [5.41, 5.74) is 0.817. The maximum Gasteiger partial charge on any atom is 0.336 e. The summed E-state index contributed by atoms with van der Waals surface area (Å²) in [6.07, 6.45) is 2.21. The number of hydrogen-bond acceptors (Lipinski definition) is 5. The minimum Gasteiger partial charge on any atom is -0.481 e. The first-order valence-corrected chi connectivity index (χ1v) is 9.55. The molecule has 0 radical (unpaired) electrons. The quantitative estimate of drug-likeness (QED) is 0.739. The third-order valence-electron chi connectivity index (χ3n) is 5.37. The summed E-state index contributed by atoms with van der Waals surface area (Å²) in [6, 6.07) is 6.59. The molecule has 1 aliphatic carbocycles. The first-order valence-electron chi connectivity index (χ1n) is 9.55. The van der Waals surface area contributed by atoms with Crippen LogP contribution < -0.4 is 15.7 Å². The van der Waals surface area contributed by atoms with Gasteiger partial charge in [-0.1, -0.05) is 0 Å². The van der Waals surface area contributed by atoms with Crippen molar-refractivity contribution in [3.63, 3.8) is 0 Å². The highest BCUT2D eigenvalue weighted by molar-refractivity contribution is 5.82. The number of aliphatic carboxylic acids is 1. The summed E-state index contributed by atoms with van der Waals surface area (Å²) in [5, 5.41) is 12.7. The number of amides is 1. The standard InChI is InChI=1S/C21H25NO6/c1-12-9-19(23)28-18-10-16(7-8-17(12)18)27-13(2)20(24)22-11-14-3-5-15(6-4-14)21(25)26/h7-10,13-15H,3-6,11H2,1-2H3,(H,22,24)(H,25,26)/t13-,14?,15?/m1/s1. The third kappa shape index (κ3) is 4.71. The summed E-state index contributed by atoms with van der Waals surface area (Å²) in [4.78, 5) is 34.9. The number of rotatable bonds is 6. The molecule has 0 unspecified atom stereocenters. The van der Waals surface area contributed by atoms with Gasteiger partial charge in [-0.2, -0.15) is 0 Å². The van der Waals surface area contributed by atoms with E-state index in [1.807, 2.05) is 6.92 Å². The van der Waals surface area contributed by atoms with Crippen molar-refractivity contribution in [1.82, 2.24) is 5.32 Å². The van der Waals surface area contributed by atoms with E-state index in [0.717, 1.165) is 23.8 Å². The molecule has 1 aromatic heterocycles. The van der Waals surface area contributed by atoms with Gasteiger partial charge in [0.2, 0.25) is 0 Å². The molecule has 1 aromatic carbocycles. The molecular formula is C21H25NO6. The van der Waals surface area contributed by atoms with Gasteiger partial charge in [0.1, 0.15) is 11.3 Å². The number of aryl methyl sites for hydroxylation is 1. The fourth-order valence-electron chi connectivity index (χ4n) is 3.64.